The van der Waals surface area contributed by atoms with Crippen LogP contribution in [-0.4, -0.2) is 86.5 Å². The number of aliphatic hydroxyl groups is 3. The third-order valence-electron chi connectivity index (χ3n) is 4.93. The van der Waals surface area contributed by atoms with Crippen LogP contribution in [0, 0.1) is 0 Å². The molecule has 45 heavy (non-hydrogen) atoms. The van der Waals surface area contributed by atoms with Crippen LogP contribution in [0.4, 0.5) is 0 Å². The van der Waals surface area contributed by atoms with Gasteiger partial charge in [0, 0.05) is 20.0 Å². The molecule has 0 spiro atoms. The second kappa shape index (κ2) is 21.5. The summed E-state index contributed by atoms with van der Waals surface area (Å²) in [6.07, 6.45) is 0. The van der Waals surface area contributed by atoms with E-state index in [-0.39, 0.29) is 48.9 Å². The fourth-order valence-electron chi connectivity index (χ4n) is 2.47. The summed E-state index contributed by atoms with van der Waals surface area (Å²) >= 11 is 15.9. The topological polar surface area (TPSA) is 209 Å². The molecule has 8 N–H and O–H groups in total. The van der Waals surface area contributed by atoms with E-state index in [4.69, 9.17) is 39.1 Å². The Morgan fingerprint density at radius 3 is 1.64 bits per heavy atom. The molecular weight excluding hydrogens is 765 g/mol. The first-order valence-electron chi connectivity index (χ1n) is 12.9. The molecule has 2 rings (SSSR count). The zero-order valence-corrected chi connectivity index (χ0v) is 30.5. The summed E-state index contributed by atoms with van der Waals surface area (Å²) in [5, 5.41) is 41.0. The highest BCUT2D eigenvalue weighted by Gasteiger charge is 2.24. The second-order valence-corrected chi connectivity index (χ2v) is 13.6. The number of carbonyl (C=O) groups excluding carboxylic acids is 3. The average molecular weight is 806 g/mol. The van der Waals surface area contributed by atoms with Crippen molar-refractivity contribution in [2.45, 2.75) is 58.2 Å². The van der Waals surface area contributed by atoms with Gasteiger partial charge in [-0.1, -0.05) is 0 Å². The first-order valence-corrected chi connectivity index (χ1v) is 15.6. The van der Waals surface area contributed by atoms with E-state index in [0.29, 0.717) is 20.1 Å². The number of hydrogen-bond acceptors (Lipinski definition) is 9. The Balaban J connectivity index is 0. The molecule has 0 bridgehead atoms. The fourth-order valence-corrected chi connectivity index (χ4v) is 3.31. The lowest BCUT2D eigenvalue weighted by molar-refractivity contribution is -0.120. The molecule has 12 nitrogen and oxygen atoms in total. The van der Waals surface area contributed by atoms with Crippen molar-refractivity contribution in [2.24, 2.45) is 5.73 Å². The number of nitrogens with one attached hydrogen (secondary N) is 2. The molecule has 0 aliphatic heterocycles. The van der Waals surface area contributed by atoms with Crippen molar-refractivity contribution in [1.29, 1.82) is 0 Å². The van der Waals surface area contributed by atoms with E-state index < -0.39 is 28.5 Å². The van der Waals surface area contributed by atoms with Crippen molar-refractivity contribution in [3.63, 3.8) is 0 Å². The van der Waals surface area contributed by atoms with Gasteiger partial charge in [-0.2, -0.15) is 0 Å². The largest absolute Gasteiger partial charge is 0.478 e. The molecule has 2 aromatic rings. The maximum absolute atomic E-state index is 12.3. The minimum Gasteiger partial charge on any atom is -0.478 e. The van der Waals surface area contributed by atoms with Gasteiger partial charge in [-0.05, 0) is 110 Å². The Morgan fingerprint density at radius 1 is 0.822 bits per heavy atom. The Kier molecular flexibility index (Phi) is 21.4. The van der Waals surface area contributed by atoms with E-state index in [1.807, 2.05) is 0 Å². The van der Waals surface area contributed by atoms with Crippen LogP contribution in [0.5, 0.6) is 5.75 Å². The van der Waals surface area contributed by atoms with Gasteiger partial charge in [-0.15, -0.1) is 23.2 Å². The number of alkyl halides is 2. The normalized spacial score (nSPS) is 10.8. The summed E-state index contributed by atoms with van der Waals surface area (Å²) in [7, 11) is 0. The molecule has 16 heteroatoms. The molecule has 2 aromatic carbocycles. The molecule has 0 saturated heterocycles. The Labute approximate surface area is 289 Å². The molecular formula is C29H41Br2Cl2N3O9. The Morgan fingerprint density at radius 2 is 1.24 bits per heavy atom. The molecule has 0 aliphatic rings. The number of hydrogen-bond donors (Lipinski definition) is 7. The van der Waals surface area contributed by atoms with E-state index in [1.165, 1.54) is 24.3 Å². The smallest absolute Gasteiger partial charge is 0.336 e. The van der Waals surface area contributed by atoms with Crippen molar-refractivity contribution >= 4 is 79.3 Å². The third kappa shape index (κ3) is 19.7. The number of carboxylic acids is 1. The zero-order valence-electron chi connectivity index (χ0n) is 25.8. The van der Waals surface area contributed by atoms with Crippen LogP contribution in [0.1, 0.15) is 72.6 Å². The molecule has 0 fully saturated rings. The van der Waals surface area contributed by atoms with Crippen LogP contribution < -0.4 is 21.1 Å². The summed E-state index contributed by atoms with van der Waals surface area (Å²) in [6.45, 7) is 10.2. The van der Waals surface area contributed by atoms with Crippen LogP contribution >= 0.6 is 55.1 Å². The SMILES string of the molecule is CC(C)(CO)NC(=O)c1ccc(Br)c(C(=O)NC(C)(C)CO)c1.CC(C)(N)CO.ClCCl.O=COc1ccc(Br)c(C(=O)O)c1. The lowest BCUT2D eigenvalue weighted by atomic mass is 10.0. The molecule has 0 atom stereocenters. The number of aliphatic hydroxyl groups excluding tert-OH is 3. The quantitative estimate of drug-likeness (QED) is 0.134. The monoisotopic (exact) mass is 803 g/mol. The Hall–Kier alpha value is -2.30. The average Bonchev–Trinajstić information content (AvgIpc) is 2.94. The van der Waals surface area contributed by atoms with Gasteiger partial charge >= 0.3 is 5.97 Å². The zero-order chi connectivity index (χ0) is 35.6. The number of rotatable bonds is 10. The van der Waals surface area contributed by atoms with Gasteiger partial charge in [-0.3, -0.25) is 14.4 Å². The van der Waals surface area contributed by atoms with E-state index in [2.05, 4.69) is 47.2 Å². The summed E-state index contributed by atoms with van der Waals surface area (Å²) in [5.41, 5.74) is 4.01. The predicted molar refractivity (Wildman–Crippen MR) is 181 cm³/mol. The lowest BCUT2D eigenvalue weighted by Gasteiger charge is -2.25. The van der Waals surface area contributed by atoms with E-state index >= 15 is 0 Å². The highest BCUT2D eigenvalue weighted by Crippen LogP contribution is 2.22. The van der Waals surface area contributed by atoms with Gasteiger partial charge in [0.1, 0.15) is 5.75 Å². The number of carboxylic acid groups (broad SMARTS) is 1. The number of benzene rings is 2. The van der Waals surface area contributed by atoms with Crippen LogP contribution in [0.2, 0.25) is 0 Å². The van der Waals surface area contributed by atoms with Gasteiger partial charge in [0.2, 0.25) is 0 Å². The summed E-state index contributed by atoms with van der Waals surface area (Å²) in [4.78, 5) is 45.1. The first kappa shape index (κ1) is 44.8. The van der Waals surface area contributed by atoms with Crippen molar-refractivity contribution in [3.05, 3.63) is 62.0 Å². The minimum atomic E-state index is -1.08. The lowest BCUT2D eigenvalue weighted by Crippen LogP contribution is -2.47. The number of nitrogens with two attached hydrogens (primary N) is 1. The molecule has 0 radical (unpaired) electrons. The van der Waals surface area contributed by atoms with Gasteiger partial charge in [0.25, 0.3) is 18.3 Å². The second-order valence-electron chi connectivity index (χ2n) is 11.1. The van der Waals surface area contributed by atoms with Crippen LogP contribution in [0.15, 0.2) is 45.3 Å². The maximum atomic E-state index is 12.3. The minimum absolute atomic E-state index is 0.0486. The molecule has 254 valence electrons. The van der Waals surface area contributed by atoms with Crippen molar-refractivity contribution < 1.29 is 44.3 Å². The summed E-state index contributed by atoms with van der Waals surface area (Å²) < 4.78 is 5.47. The fraction of sp³-hybridized carbons (Fsp3) is 0.448. The van der Waals surface area contributed by atoms with Gasteiger partial charge in [-0.25, -0.2) is 4.79 Å². The summed E-state index contributed by atoms with van der Waals surface area (Å²) in [6, 6.07) is 8.92. The Bertz CT molecular complexity index is 1260. The standard InChI is InChI=1S/C16H23BrN2O4.C8H5BrO4.C4H11NO.CH2Cl2/c1-15(2,8-20)18-13(22)10-5-6-12(17)11(7-10)14(23)19-16(3,4)9-21;9-7-2-1-5(13-4-10)3-6(7)8(11)12;1-4(2,5)3-6;2-1-3/h5-7,20-21H,8-9H2,1-4H3,(H,18,22)(H,19,23);1-4H,(H,11,12);6H,3,5H2,1-2H3;1H2. The molecule has 0 aromatic heterocycles. The molecule has 2 amide bonds. The summed E-state index contributed by atoms with van der Waals surface area (Å²) in [5.74, 6) is -1.65. The van der Waals surface area contributed by atoms with Crippen LogP contribution in [0.3, 0.4) is 0 Å². The van der Waals surface area contributed by atoms with Gasteiger partial charge < -0.3 is 41.5 Å². The maximum Gasteiger partial charge on any atom is 0.336 e. The third-order valence-corrected chi connectivity index (χ3v) is 6.31. The number of ether oxygens (including phenoxy) is 1. The molecule has 0 aliphatic carbocycles. The van der Waals surface area contributed by atoms with Crippen molar-refractivity contribution in [2.75, 3.05) is 25.2 Å². The van der Waals surface area contributed by atoms with Crippen molar-refractivity contribution in [3.8, 4) is 5.75 Å². The highest BCUT2D eigenvalue weighted by atomic mass is 79.9. The number of carbonyl (C=O) groups is 4. The predicted octanol–water partition coefficient (Wildman–Crippen LogP) is 4.27. The van der Waals surface area contributed by atoms with Crippen LogP contribution in [0.25, 0.3) is 0 Å². The number of halogens is 4. The van der Waals surface area contributed by atoms with E-state index in [9.17, 15) is 29.4 Å². The first-order chi connectivity index (χ1) is 20.6. The molecule has 0 unspecified atom stereocenters. The van der Waals surface area contributed by atoms with Crippen LogP contribution in [-0.2, 0) is 4.79 Å². The van der Waals surface area contributed by atoms with Gasteiger partial charge in [0.15, 0.2) is 0 Å². The molecule has 0 saturated carbocycles. The molecule has 0 heterocycles. The highest BCUT2D eigenvalue weighted by molar-refractivity contribution is 9.10. The van der Waals surface area contributed by atoms with Crippen molar-refractivity contribution in [1.82, 2.24) is 10.6 Å². The van der Waals surface area contributed by atoms with E-state index in [1.54, 1.807) is 53.7 Å². The van der Waals surface area contributed by atoms with E-state index in [0.717, 1.165) is 0 Å². The van der Waals surface area contributed by atoms with Gasteiger partial charge in [0.05, 0.1) is 47.4 Å². The number of aromatic carboxylic acids is 1. The number of amides is 2.